The molecule has 7 N–H and O–H groups in total. The Morgan fingerprint density at radius 2 is 1.24 bits per heavy atom. The third-order valence-electron chi connectivity index (χ3n) is 13.7. The number of carbonyl (C=O) groups excluding carboxylic acids is 7. The first-order valence-electron chi connectivity index (χ1n) is 25.6. The van der Waals surface area contributed by atoms with Gasteiger partial charge in [0.15, 0.2) is 5.75 Å². The number of nitro benzene ring substituents is 1. The van der Waals surface area contributed by atoms with Gasteiger partial charge < -0.3 is 51.2 Å². The van der Waals surface area contributed by atoms with E-state index in [-0.39, 0.29) is 67.7 Å². The number of para-hydroxylation sites is 1. The first-order chi connectivity index (χ1) is 35.1. The Kier molecular flexibility index (Phi) is 21.8. The van der Waals surface area contributed by atoms with Gasteiger partial charge in [-0.15, -0.1) is 11.6 Å². The molecule has 0 saturated carbocycles. The lowest BCUT2D eigenvalue weighted by Gasteiger charge is -2.34. The van der Waals surface area contributed by atoms with E-state index < -0.39 is 112 Å². The number of halogens is 1. The van der Waals surface area contributed by atoms with E-state index >= 15 is 4.79 Å². The molecule has 0 spiro atoms. The molecule has 75 heavy (non-hydrogen) atoms. The van der Waals surface area contributed by atoms with Crippen LogP contribution in [0.25, 0.3) is 10.9 Å². The number of alkyl halides is 1. The summed E-state index contributed by atoms with van der Waals surface area (Å²) < 4.78 is 1.86. The van der Waals surface area contributed by atoms with Crippen molar-refractivity contribution < 1.29 is 48.7 Å². The molecule has 2 aromatic carbocycles. The van der Waals surface area contributed by atoms with Crippen LogP contribution in [0.1, 0.15) is 106 Å². The maximum atomic E-state index is 15.3. The molecule has 1 aromatic heterocycles. The van der Waals surface area contributed by atoms with E-state index in [1.165, 1.54) is 36.9 Å². The second-order valence-corrected chi connectivity index (χ2v) is 21.8. The highest BCUT2D eigenvalue weighted by Crippen LogP contribution is 2.32. The normalized spacial score (nSPS) is 23.1. The van der Waals surface area contributed by atoms with Gasteiger partial charge in [0.05, 0.1) is 22.4 Å². The Balaban J connectivity index is 1.98. The fourth-order valence-electron chi connectivity index (χ4n) is 9.24. The van der Waals surface area contributed by atoms with Gasteiger partial charge in [0.25, 0.3) is 0 Å². The van der Waals surface area contributed by atoms with Gasteiger partial charge in [-0.1, -0.05) is 78.0 Å². The summed E-state index contributed by atoms with van der Waals surface area (Å²) in [4.78, 5) is 116. The number of carbonyl (C=O) groups is 7. The average Bonchev–Trinajstić information content (AvgIpc) is 3.72. The van der Waals surface area contributed by atoms with Gasteiger partial charge >= 0.3 is 5.69 Å². The van der Waals surface area contributed by atoms with Crippen molar-refractivity contribution in [2.24, 2.45) is 17.8 Å². The van der Waals surface area contributed by atoms with Gasteiger partial charge in [-0.2, -0.15) is 0 Å². The van der Waals surface area contributed by atoms with Crippen LogP contribution in [0.3, 0.4) is 0 Å². The molecule has 1 saturated heterocycles. The number of rotatable bonds is 16. The van der Waals surface area contributed by atoms with Crippen molar-refractivity contribution in [3.05, 3.63) is 82.1 Å². The number of likely N-dealkylation sites (N-methyl/N-ethyl adjacent to an activating group) is 2. The summed E-state index contributed by atoms with van der Waals surface area (Å²) in [6.07, 6.45) is 3.95. The number of nitrogens with one attached hydrogen (secondary N) is 5. The number of nitrogens with zero attached hydrogens (tertiary/aromatic N) is 4. The Bertz CT molecular complexity index is 2580. The zero-order valence-electron chi connectivity index (χ0n) is 45.3. The Labute approximate surface area is 444 Å². The van der Waals surface area contributed by atoms with Crippen molar-refractivity contribution in [1.82, 2.24) is 41.0 Å². The van der Waals surface area contributed by atoms with E-state index in [0.717, 1.165) is 12.1 Å². The lowest BCUT2D eigenvalue weighted by atomic mass is 9.98. The number of aliphatic hydroxyl groups excluding tert-OH is 1. The van der Waals surface area contributed by atoms with Crippen LogP contribution in [-0.4, -0.2) is 139 Å². The van der Waals surface area contributed by atoms with Crippen molar-refractivity contribution in [2.75, 3.05) is 20.0 Å². The Morgan fingerprint density at radius 3 is 1.80 bits per heavy atom. The standard InChI is InChI=1S/C54H78ClN9O11/c1-13-14-18-37-47(67)60-40(27-35-29-63(54(9,10)46(66)28-55)41-19-16-15-17-36(35)41)53(73)62(12)44(24-32(6)7)51(71)59-39(25-34-20-21-45(65)42(26-34)64(74)75)48(68)56-33(8)52(72)61(11)43(23-31(4)5)50(70)58-38(22-30(2)3)49(69)57-37/h13-17,19-21,26,29-33,37-40,43-44,46,65-66H,18,22-25,27-28H2,1-12H3,(H,56,68)(H,57,69)(H,58,70)(H,59,71)(H,60,67)/b14-13+/t33-,37-,38-,39-,40-,43-,44-,46+/m0/s1. The summed E-state index contributed by atoms with van der Waals surface area (Å²) in [6, 6.07) is 1.66. The molecule has 0 radical (unpaired) electrons. The molecule has 0 aliphatic carbocycles. The van der Waals surface area contributed by atoms with E-state index in [1.807, 2.05) is 84.2 Å². The summed E-state index contributed by atoms with van der Waals surface area (Å²) >= 11 is 6.18. The molecule has 8 atom stereocenters. The van der Waals surface area contributed by atoms with Gasteiger partial charge in [0.1, 0.15) is 42.3 Å². The Hall–Kier alpha value is -6.54. The van der Waals surface area contributed by atoms with E-state index in [4.69, 9.17) is 11.6 Å². The minimum atomic E-state index is -1.53. The number of phenolic OH excluding ortho intramolecular Hbond substituents is 1. The van der Waals surface area contributed by atoms with Crippen molar-refractivity contribution >= 4 is 69.5 Å². The predicted octanol–water partition coefficient (Wildman–Crippen LogP) is 4.59. The van der Waals surface area contributed by atoms with Crippen molar-refractivity contribution in [1.29, 1.82) is 0 Å². The number of phenols is 1. The lowest BCUT2D eigenvalue weighted by molar-refractivity contribution is -0.385. The quantitative estimate of drug-likeness (QED) is 0.0451. The van der Waals surface area contributed by atoms with E-state index in [9.17, 15) is 49.1 Å². The number of hydrogen-bond donors (Lipinski definition) is 7. The molecule has 1 fully saturated rings. The molecular weight excluding hydrogens is 986 g/mol. The maximum absolute atomic E-state index is 15.3. The number of hydrogen-bond acceptors (Lipinski definition) is 11. The van der Waals surface area contributed by atoms with Gasteiger partial charge in [-0.3, -0.25) is 43.7 Å². The third-order valence-corrected chi connectivity index (χ3v) is 14.0. The zero-order valence-corrected chi connectivity index (χ0v) is 46.1. The molecule has 7 amide bonds. The van der Waals surface area contributed by atoms with Crippen LogP contribution in [0.5, 0.6) is 5.75 Å². The monoisotopic (exact) mass is 1060 g/mol. The summed E-state index contributed by atoms with van der Waals surface area (Å²) in [7, 11) is 2.80. The van der Waals surface area contributed by atoms with Crippen LogP contribution >= 0.6 is 11.6 Å². The number of fused-ring (bicyclic) bond motifs is 1. The molecule has 2 heterocycles. The summed E-state index contributed by atoms with van der Waals surface area (Å²) in [5.41, 5.74) is -0.158. The molecule has 412 valence electrons. The highest BCUT2D eigenvalue weighted by molar-refractivity contribution is 6.18. The summed E-state index contributed by atoms with van der Waals surface area (Å²) in [5, 5.41) is 47.9. The fraction of sp³-hybridized carbons (Fsp3) is 0.574. The largest absolute Gasteiger partial charge is 0.502 e. The van der Waals surface area contributed by atoms with Crippen LogP contribution in [0.2, 0.25) is 0 Å². The topological polar surface area (TPSA) is 275 Å². The number of amides is 7. The van der Waals surface area contributed by atoms with Gasteiger partial charge in [-0.25, -0.2) is 0 Å². The number of allylic oxidation sites excluding steroid dienone is 1. The molecule has 1 aliphatic heterocycles. The number of nitro groups is 1. The van der Waals surface area contributed by atoms with Gasteiger partial charge in [-0.05, 0) is 94.4 Å². The molecule has 4 rings (SSSR count). The average molecular weight is 1060 g/mol. The molecule has 3 aromatic rings. The van der Waals surface area contributed by atoms with Crippen molar-refractivity contribution in [3.8, 4) is 5.75 Å². The molecule has 0 unspecified atom stereocenters. The van der Waals surface area contributed by atoms with E-state index in [1.54, 1.807) is 25.3 Å². The van der Waals surface area contributed by atoms with E-state index in [0.29, 0.717) is 16.5 Å². The summed E-state index contributed by atoms with van der Waals surface area (Å²) in [5.74, 6) is -6.43. The fourth-order valence-corrected chi connectivity index (χ4v) is 9.62. The molecule has 0 bridgehead atoms. The minimum absolute atomic E-state index is 0.0208. The molecule has 21 heteroatoms. The van der Waals surface area contributed by atoms with E-state index in [2.05, 4.69) is 26.6 Å². The number of benzene rings is 2. The molecule has 1 aliphatic rings. The SMILES string of the molecule is C/C=C/C[C@@H]1NC(=O)[C@H](CC(C)C)NC(=O)[C@H](CC(C)C)N(C)C(=O)[C@H](C)NC(=O)[C@H](Cc2ccc(O)c([N+](=O)[O-])c2)NC(=O)[C@H](CC(C)C)N(C)C(=O)[C@H](Cc2cn(C(C)(C)[C@H](O)CCl)c3ccccc23)NC1=O. The first-order valence-corrected chi connectivity index (χ1v) is 26.1. The van der Waals surface area contributed by atoms with Crippen LogP contribution < -0.4 is 26.6 Å². The minimum Gasteiger partial charge on any atom is -0.502 e. The lowest BCUT2D eigenvalue weighted by Crippen LogP contribution is -2.60. The van der Waals surface area contributed by atoms with Crippen LogP contribution in [-0.2, 0) is 51.9 Å². The van der Waals surface area contributed by atoms with Crippen LogP contribution in [0.4, 0.5) is 5.69 Å². The van der Waals surface area contributed by atoms with Crippen LogP contribution in [0.15, 0.2) is 60.8 Å². The van der Waals surface area contributed by atoms with Gasteiger partial charge in [0, 0.05) is 50.1 Å². The molecule has 20 nitrogen and oxygen atoms in total. The number of aromatic hydroxyl groups is 1. The highest BCUT2D eigenvalue weighted by atomic mass is 35.5. The number of aliphatic hydroxyl groups is 1. The molecular formula is C54H78ClN9O11. The van der Waals surface area contributed by atoms with Crippen molar-refractivity contribution in [2.45, 2.75) is 162 Å². The second-order valence-electron chi connectivity index (χ2n) is 21.5. The van der Waals surface area contributed by atoms with Crippen molar-refractivity contribution in [3.63, 3.8) is 0 Å². The van der Waals surface area contributed by atoms with Gasteiger partial charge in [0.2, 0.25) is 41.4 Å². The third kappa shape index (κ3) is 15.8. The highest BCUT2D eigenvalue weighted by Gasteiger charge is 2.40. The first kappa shape index (κ1) is 61.0. The van der Waals surface area contributed by atoms with Crippen LogP contribution in [0, 0.1) is 27.9 Å². The number of aromatic nitrogens is 1. The summed E-state index contributed by atoms with van der Waals surface area (Å²) in [6.45, 7) is 17.9. The second kappa shape index (κ2) is 26.8. The smallest absolute Gasteiger partial charge is 0.310 e. The zero-order chi connectivity index (χ0) is 56.2. The predicted molar refractivity (Wildman–Crippen MR) is 286 cm³/mol. The maximum Gasteiger partial charge on any atom is 0.310 e. The Morgan fingerprint density at radius 1 is 0.720 bits per heavy atom.